The van der Waals surface area contributed by atoms with Crippen molar-refractivity contribution in [3.63, 3.8) is 0 Å². The average Bonchev–Trinajstić information content (AvgIpc) is 3.01. The Morgan fingerprint density at radius 2 is 2.36 bits per heavy atom. The maximum Gasteiger partial charge on any atom is 0.250 e. The van der Waals surface area contributed by atoms with Crippen molar-refractivity contribution in [2.75, 3.05) is 38.4 Å². The normalized spacial score (nSPS) is 20.4. The second-order valence-electron chi connectivity index (χ2n) is 5.21. The van der Waals surface area contributed by atoms with Gasteiger partial charge in [-0.15, -0.1) is 0 Å². The molecule has 1 heterocycles. The molecule has 1 amide bonds. The summed E-state index contributed by atoms with van der Waals surface area (Å²) < 4.78 is 26.9. The SMILES string of the molecule is CN=S(C)(=O)c1cccc(NC(=O)COCC2CCCO2)c1. The fraction of sp³-hybridized carbons (Fsp3) is 0.533. The van der Waals surface area contributed by atoms with Gasteiger partial charge in [0.15, 0.2) is 0 Å². The van der Waals surface area contributed by atoms with Crippen LogP contribution in [-0.2, 0) is 24.0 Å². The van der Waals surface area contributed by atoms with Crippen LogP contribution >= 0.6 is 0 Å². The lowest BCUT2D eigenvalue weighted by molar-refractivity contribution is -0.121. The fourth-order valence-corrected chi connectivity index (χ4v) is 3.06. The van der Waals surface area contributed by atoms with Gasteiger partial charge in [-0.05, 0) is 31.0 Å². The van der Waals surface area contributed by atoms with Crippen molar-refractivity contribution in [2.45, 2.75) is 23.8 Å². The van der Waals surface area contributed by atoms with E-state index >= 15 is 0 Å². The van der Waals surface area contributed by atoms with E-state index in [0.717, 1.165) is 19.4 Å². The first-order chi connectivity index (χ1) is 10.5. The van der Waals surface area contributed by atoms with E-state index < -0.39 is 9.73 Å². The molecule has 6 nitrogen and oxygen atoms in total. The van der Waals surface area contributed by atoms with Gasteiger partial charge in [-0.2, -0.15) is 0 Å². The highest BCUT2D eigenvalue weighted by Crippen LogP contribution is 2.17. The molecule has 1 fully saturated rings. The molecule has 2 rings (SSSR count). The quantitative estimate of drug-likeness (QED) is 0.866. The number of nitrogens with one attached hydrogen (secondary N) is 1. The lowest BCUT2D eigenvalue weighted by Crippen LogP contribution is -2.22. The smallest absolute Gasteiger partial charge is 0.250 e. The number of hydrogen-bond donors (Lipinski definition) is 1. The Bertz CT molecular complexity index is 632. The fourth-order valence-electron chi connectivity index (χ4n) is 2.17. The predicted octanol–water partition coefficient (Wildman–Crippen LogP) is 1.91. The number of nitrogens with zero attached hydrogens (tertiary/aromatic N) is 1. The number of benzene rings is 1. The second-order valence-corrected chi connectivity index (χ2v) is 7.65. The Morgan fingerprint density at radius 3 is 3.05 bits per heavy atom. The van der Waals surface area contributed by atoms with Gasteiger partial charge >= 0.3 is 0 Å². The maximum absolute atomic E-state index is 12.2. The standard InChI is InChI=1S/C15H22N2O4S/c1-16-22(2,19)14-7-3-5-12(9-14)17-15(18)11-20-10-13-6-4-8-21-13/h3,5,7,9,13H,4,6,8,10-11H2,1-2H3,(H,17,18). The zero-order valence-electron chi connectivity index (χ0n) is 12.9. The first kappa shape index (κ1) is 16.9. The summed E-state index contributed by atoms with van der Waals surface area (Å²) >= 11 is 0. The first-order valence-corrected chi connectivity index (χ1v) is 9.13. The molecule has 0 saturated carbocycles. The molecule has 0 aliphatic carbocycles. The molecule has 1 saturated heterocycles. The molecule has 0 aromatic heterocycles. The Balaban J connectivity index is 1.86. The molecular formula is C15H22N2O4S. The molecule has 0 spiro atoms. The van der Waals surface area contributed by atoms with Gasteiger partial charge in [-0.1, -0.05) is 6.07 Å². The van der Waals surface area contributed by atoms with Crippen LogP contribution in [0.1, 0.15) is 12.8 Å². The number of anilines is 1. The van der Waals surface area contributed by atoms with E-state index in [0.29, 0.717) is 17.2 Å². The van der Waals surface area contributed by atoms with E-state index in [4.69, 9.17) is 9.47 Å². The highest BCUT2D eigenvalue weighted by atomic mass is 32.2. The lowest BCUT2D eigenvalue weighted by Gasteiger charge is -2.11. The third kappa shape index (κ3) is 4.79. The van der Waals surface area contributed by atoms with Gasteiger partial charge in [-0.3, -0.25) is 4.79 Å². The van der Waals surface area contributed by atoms with E-state index in [1.54, 1.807) is 30.5 Å². The third-order valence-corrected chi connectivity index (χ3v) is 5.29. The molecule has 0 bridgehead atoms. The monoisotopic (exact) mass is 326 g/mol. The van der Waals surface area contributed by atoms with E-state index in [1.165, 1.54) is 7.05 Å². The van der Waals surface area contributed by atoms with E-state index in [-0.39, 0.29) is 18.6 Å². The average molecular weight is 326 g/mol. The number of carbonyl (C=O) groups excluding carboxylic acids is 1. The Hall–Kier alpha value is -1.44. The van der Waals surface area contributed by atoms with Crippen LogP contribution < -0.4 is 5.32 Å². The summed E-state index contributed by atoms with van der Waals surface area (Å²) in [5, 5.41) is 2.73. The van der Waals surface area contributed by atoms with Crippen molar-refractivity contribution in [1.29, 1.82) is 0 Å². The summed E-state index contributed by atoms with van der Waals surface area (Å²) in [6.07, 6.45) is 3.70. The Labute approximate surface area is 131 Å². The molecule has 1 aromatic carbocycles. The van der Waals surface area contributed by atoms with Crippen LogP contribution in [0.25, 0.3) is 0 Å². The number of hydrogen-bond acceptors (Lipinski definition) is 5. The van der Waals surface area contributed by atoms with Crippen molar-refractivity contribution in [3.05, 3.63) is 24.3 Å². The lowest BCUT2D eigenvalue weighted by atomic mass is 10.2. The van der Waals surface area contributed by atoms with Gasteiger partial charge in [-0.25, -0.2) is 8.57 Å². The highest BCUT2D eigenvalue weighted by molar-refractivity contribution is 7.93. The molecule has 1 aliphatic heterocycles. The van der Waals surface area contributed by atoms with Crippen molar-refractivity contribution >= 4 is 21.3 Å². The first-order valence-electron chi connectivity index (χ1n) is 7.21. The molecule has 2 atom stereocenters. The summed E-state index contributed by atoms with van der Waals surface area (Å²) in [6.45, 7) is 1.18. The summed E-state index contributed by atoms with van der Waals surface area (Å²) in [5.41, 5.74) is 0.585. The number of carbonyl (C=O) groups is 1. The molecule has 1 aromatic rings. The molecule has 2 unspecified atom stereocenters. The van der Waals surface area contributed by atoms with Gasteiger partial charge in [0.25, 0.3) is 0 Å². The number of rotatable bonds is 6. The molecule has 1 aliphatic rings. The molecule has 7 heteroatoms. The minimum atomic E-state index is -2.41. The van der Waals surface area contributed by atoms with Crippen LogP contribution in [0.15, 0.2) is 33.5 Å². The topological polar surface area (TPSA) is 77.0 Å². The highest BCUT2D eigenvalue weighted by Gasteiger charge is 2.16. The van der Waals surface area contributed by atoms with Crippen LogP contribution in [0.5, 0.6) is 0 Å². The van der Waals surface area contributed by atoms with Crippen LogP contribution in [-0.4, -0.2) is 49.3 Å². The second kappa shape index (κ2) is 7.71. The maximum atomic E-state index is 12.2. The summed E-state index contributed by atoms with van der Waals surface area (Å²) in [5.74, 6) is -0.244. The van der Waals surface area contributed by atoms with Crippen LogP contribution in [0.4, 0.5) is 5.69 Å². The van der Waals surface area contributed by atoms with E-state index in [1.807, 2.05) is 0 Å². The van der Waals surface area contributed by atoms with Gasteiger partial charge in [0, 0.05) is 30.5 Å². The molecule has 0 radical (unpaired) electrons. The zero-order chi connectivity index (χ0) is 16.0. The Morgan fingerprint density at radius 1 is 1.55 bits per heavy atom. The van der Waals surface area contributed by atoms with Gasteiger partial charge in [0.2, 0.25) is 5.91 Å². The van der Waals surface area contributed by atoms with Gasteiger partial charge in [0.05, 0.1) is 22.4 Å². The molecule has 122 valence electrons. The molecule has 22 heavy (non-hydrogen) atoms. The van der Waals surface area contributed by atoms with E-state index in [9.17, 15) is 9.00 Å². The molecular weight excluding hydrogens is 304 g/mol. The summed E-state index contributed by atoms with van der Waals surface area (Å²) in [6, 6.07) is 6.89. The number of ether oxygens (including phenoxy) is 2. The van der Waals surface area contributed by atoms with Crippen molar-refractivity contribution < 1.29 is 18.5 Å². The van der Waals surface area contributed by atoms with Crippen LogP contribution in [0, 0.1) is 0 Å². The Kier molecular flexibility index (Phi) is 5.93. The van der Waals surface area contributed by atoms with Gasteiger partial charge in [0.1, 0.15) is 6.61 Å². The minimum Gasteiger partial charge on any atom is -0.376 e. The summed E-state index contributed by atoms with van der Waals surface area (Å²) in [4.78, 5) is 12.4. The van der Waals surface area contributed by atoms with Gasteiger partial charge < -0.3 is 14.8 Å². The number of amides is 1. The zero-order valence-corrected chi connectivity index (χ0v) is 13.7. The largest absolute Gasteiger partial charge is 0.376 e. The van der Waals surface area contributed by atoms with Crippen LogP contribution in [0.3, 0.4) is 0 Å². The van der Waals surface area contributed by atoms with Crippen molar-refractivity contribution in [2.24, 2.45) is 4.36 Å². The third-order valence-electron chi connectivity index (χ3n) is 3.46. The van der Waals surface area contributed by atoms with Crippen molar-refractivity contribution in [3.8, 4) is 0 Å². The van der Waals surface area contributed by atoms with Crippen molar-refractivity contribution in [1.82, 2.24) is 0 Å². The molecule has 1 N–H and O–H groups in total. The minimum absolute atomic E-state index is 0.0241. The van der Waals surface area contributed by atoms with Crippen LogP contribution in [0.2, 0.25) is 0 Å². The summed E-state index contributed by atoms with van der Waals surface area (Å²) in [7, 11) is -0.888. The predicted molar refractivity (Wildman–Crippen MR) is 85.5 cm³/mol. The van der Waals surface area contributed by atoms with E-state index in [2.05, 4.69) is 9.68 Å².